The van der Waals surface area contributed by atoms with Gasteiger partial charge >= 0.3 is 0 Å². The number of alkyl halides is 1. The summed E-state index contributed by atoms with van der Waals surface area (Å²) in [6, 6.07) is 3.51. The fourth-order valence-electron chi connectivity index (χ4n) is 0.826. The van der Waals surface area contributed by atoms with Crippen molar-refractivity contribution in [3.63, 3.8) is 0 Å². The number of hydrogen-bond acceptors (Lipinski definition) is 2. The minimum absolute atomic E-state index is 0.266. The van der Waals surface area contributed by atoms with Gasteiger partial charge in [-0.05, 0) is 24.6 Å². The summed E-state index contributed by atoms with van der Waals surface area (Å²) in [5.41, 5.74) is 0.808. The molecule has 1 N–H and O–H groups in total. The Morgan fingerprint density at radius 3 is 2.45 bits per heavy atom. The Labute approximate surface area is 70.8 Å². The Balaban J connectivity index is 2.77. The van der Waals surface area contributed by atoms with E-state index in [0.29, 0.717) is 0 Å². The van der Waals surface area contributed by atoms with E-state index in [0.717, 1.165) is 5.56 Å². The van der Waals surface area contributed by atoms with Gasteiger partial charge in [0.1, 0.15) is 0 Å². The van der Waals surface area contributed by atoms with Crippen LogP contribution < -0.4 is 0 Å². The van der Waals surface area contributed by atoms with E-state index >= 15 is 0 Å². The van der Waals surface area contributed by atoms with Gasteiger partial charge in [0.05, 0.1) is 11.5 Å². The topological polar surface area (TPSA) is 33.1 Å². The summed E-state index contributed by atoms with van der Waals surface area (Å²) in [6.07, 6.45) is 2.68. The first-order chi connectivity index (χ1) is 5.22. The second-order valence-corrected chi connectivity index (χ2v) is 3.09. The van der Waals surface area contributed by atoms with Crippen molar-refractivity contribution in [2.24, 2.45) is 0 Å². The summed E-state index contributed by atoms with van der Waals surface area (Å²) < 4.78 is 0. The highest BCUT2D eigenvalue weighted by atomic mass is 35.5. The van der Waals surface area contributed by atoms with Crippen LogP contribution in [0.2, 0.25) is 0 Å². The molecule has 11 heavy (non-hydrogen) atoms. The molecule has 1 aromatic heterocycles. The van der Waals surface area contributed by atoms with Gasteiger partial charge in [0.2, 0.25) is 0 Å². The van der Waals surface area contributed by atoms with Crippen LogP contribution in [-0.2, 0) is 0 Å². The number of aliphatic hydroxyl groups excluding tert-OH is 1. The first-order valence-corrected chi connectivity index (χ1v) is 3.87. The van der Waals surface area contributed by atoms with Crippen LogP contribution in [0.25, 0.3) is 0 Å². The minimum Gasteiger partial charge on any atom is -0.387 e. The molecule has 0 fully saturated rings. The summed E-state index contributed by atoms with van der Waals surface area (Å²) >= 11 is 5.69. The van der Waals surface area contributed by atoms with Gasteiger partial charge in [-0.1, -0.05) is 0 Å². The number of hydrogen-bond donors (Lipinski definition) is 1. The van der Waals surface area contributed by atoms with Crippen molar-refractivity contribution in [2.45, 2.75) is 18.4 Å². The number of halogens is 1. The first-order valence-electron chi connectivity index (χ1n) is 3.44. The maximum absolute atomic E-state index is 9.44. The van der Waals surface area contributed by atoms with Crippen LogP contribution in [-0.4, -0.2) is 15.5 Å². The van der Waals surface area contributed by atoms with Crippen molar-refractivity contribution in [3.8, 4) is 0 Å². The van der Waals surface area contributed by atoms with Crippen molar-refractivity contribution in [1.82, 2.24) is 4.98 Å². The third kappa shape index (κ3) is 2.17. The van der Waals surface area contributed by atoms with E-state index in [1.807, 2.05) is 0 Å². The first kappa shape index (κ1) is 8.50. The molecule has 0 radical (unpaired) electrons. The second-order valence-electron chi connectivity index (χ2n) is 2.40. The predicted octanol–water partition coefficient (Wildman–Crippen LogP) is 1.74. The van der Waals surface area contributed by atoms with Gasteiger partial charge in [-0.15, -0.1) is 11.6 Å². The van der Waals surface area contributed by atoms with E-state index in [9.17, 15) is 5.11 Å². The zero-order chi connectivity index (χ0) is 8.27. The monoisotopic (exact) mass is 171 g/mol. The smallest absolute Gasteiger partial charge is 0.0951 e. The van der Waals surface area contributed by atoms with Gasteiger partial charge in [0, 0.05) is 12.4 Å². The number of nitrogens with zero attached hydrogens (tertiary/aromatic N) is 1. The van der Waals surface area contributed by atoms with Crippen molar-refractivity contribution >= 4 is 11.6 Å². The number of rotatable bonds is 2. The maximum atomic E-state index is 9.44. The molecule has 1 aromatic rings. The molecule has 60 valence electrons. The van der Waals surface area contributed by atoms with E-state index in [-0.39, 0.29) is 5.38 Å². The van der Waals surface area contributed by atoms with E-state index in [4.69, 9.17) is 11.6 Å². The van der Waals surface area contributed by atoms with E-state index in [1.54, 1.807) is 31.5 Å². The van der Waals surface area contributed by atoms with Gasteiger partial charge in [-0.25, -0.2) is 0 Å². The fraction of sp³-hybridized carbons (Fsp3) is 0.375. The Kier molecular flexibility index (Phi) is 2.85. The average Bonchev–Trinajstić information content (AvgIpc) is 2.05. The summed E-state index contributed by atoms with van der Waals surface area (Å²) in [4.78, 5) is 3.83. The SMILES string of the molecule is CC(Cl)C(O)c1ccncc1. The van der Waals surface area contributed by atoms with Gasteiger partial charge in [-0.3, -0.25) is 4.98 Å². The molecule has 3 heteroatoms. The zero-order valence-corrected chi connectivity index (χ0v) is 6.99. The molecule has 1 heterocycles. The van der Waals surface area contributed by atoms with Crippen molar-refractivity contribution in [2.75, 3.05) is 0 Å². The van der Waals surface area contributed by atoms with E-state index in [1.165, 1.54) is 0 Å². The van der Waals surface area contributed by atoms with Crippen LogP contribution in [0.4, 0.5) is 0 Å². The van der Waals surface area contributed by atoms with Gasteiger partial charge < -0.3 is 5.11 Å². The van der Waals surface area contributed by atoms with Gasteiger partial charge in [-0.2, -0.15) is 0 Å². The third-order valence-electron chi connectivity index (χ3n) is 1.48. The number of pyridine rings is 1. The summed E-state index contributed by atoms with van der Waals surface area (Å²) in [7, 11) is 0. The molecule has 0 spiro atoms. The third-order valence-corrected chi connectivity index (χ3v) is 1.72. The number of aromatic nitrogens is 1. The standard InChI is InChI=1S/C8H10ClNO/c1-6(9)8(11)7-2-4-10-5-3-7/h2-6,8,11H,1H3. The molecule has 2 nitrogen and oxygen atoms in total. The largest absolute Gasteiger partial charge is 0.387 e. The van der Waals surface area contributed by atoms with Crippen molar-refractivity contribution in [1.29, 1.82) is 0 Å². The van der Waals surface area contributed by atoms with Crippen LogP contribution in [0.1, 0.15) is 18.6 Å². The number of aliphatic hydroxyl groups is 1. The van der Waals surface area contributed by atoms with E-state index in [2.05, 4.69) is 4.98 Å². The Morgan fingerprint density at radius 1 is 1.45 bits per heavy atom. The summed E-state index contributed by atoms with van der Waals surface area (Å²) in [5, 5.41) is 9.17. The molecule has 2 atom stereocenters. The molecule has 0 saturated carbocycles. The Bertz CT molecular complexity index is 213. The Hall–Kier alpha value is -0.600. The fourth-order valence-corrected chi connectivity index (χ4v) is 0.971. The normalized spacial score (nSPS) is 15.9. The molecule has 0 aliphatic rings. The molecular weight excluding hydrogens is 162 g/mol. The lowest BCUT2D eigenvalue weighted by Crippen LogP contribution is -2.07. The highest BCUT2D eigenvalue weighted by molar-refractivity contribution is 6.20. The molecule has 0 aliphatic heterocycles. The molecule has 0 amide bonds. The van der Waals surface area contributed by atoms with Crippen LogP contribution in [0.15, 0.2) is 24.5 Å². The van der Waals surface area contributed by atoms with Gasteiger partial charge in [0.25, 0.3) is 0 Å². The summed E-state index contributed by atoms with van der Waals surface area (Å²) in [6.45, 7) is 1.76. The molecular formula is C8H10ClNO. The van der Waals surface area contributed by atoms with Crippen LogP contribution in [0.3, 0.4) is 0 Å². The lowest BCUT2D eigenvalue weighted by molar-refractivity contribution is 0.177. The van der Waals surface area contributed by atoms with E-state index < -0.39 is 6.10 Å². The molecule has 0 aromatic carbocycles. The Morgan fingerprint density at radius 2 is 2.00 bits per heavy atom. The maximum Gasteiger partial charge on any atom is 0.0951 e. The minimum atomic E-state index is -0.598. The molecule has 0 saturated heterocycles. The average molecular weight is 172 g/mol. The van der Waals surface area contributed by atoms with Crippen molar-refractivity contribution in [3.05, 3.63) is 30.1 Å². The summed E-state index contributed by atoms with van der Waals surface area (Å²) in [5.74, 6) is 0. The lowest BCUT2D eigenvalue weighted by Gasteiger charge is -2.11. The highest BCUT2D eigenvalue weighted by Crippen LogP contribution is 2.18. The predicted molar refractivity (Wildman–Crippen MR) is 44.5 cm³/mol. The van der Waals surface area contributed by atoms with Crippen LogP contribution in [0, 0.1) is 0 Å². The van der Waals surface area contributed by atoms with Gasteiger partial charge in [0.15, 0.2) is 0 Å². The molecule has 0 bridgehead atoms. The molecule has 1 rings (SSSR count). The lowest BCUT2D eigenvalue weighted by atomic mass is 10.1. The zero-order valence-electron chi connectivity index (χ0n) is 6.24. The molecule has 0 aliphatic carbocycles. The molecule has 2 unspecified atom stereocenters. The highest BCUT2D eigenvalue weighted by Gasteiger charge is 2.12. The van der Waals surface area contributed by atoms with Crippen LogP contribution in [0.5, 0.6) is 0 Å². The van der Waals surface area contributed by atoms with Crippen molar-refractivity contribution < 1.29 is 5.11 Å². The quantitative estimate of drug-likeness (QED) is 0.688. The van der Waals surface area contributed by atoms with Crippen LogP contribution >= 0.6 is 11.6 Å². The second kappa shape index (κ2) is 3.69.